The molecule has 0 spiro atoms. The van der Waals surface area contributed by atoms with E-state index in [1.807, 2.05) is 12.1 Å². The van der Waals surface area contributed by atoms with Crippen molar-refractivity contribution in [2.75, 3.05) is 6.54 Å². The molecule has 0 radical (unpaired) electrons. The molecule has 0 bridgehead atoms. The number of H-pyrrole nitrogens is 1. The number of phenolic OH excluding ortho intramolecular Hbond substituents is 1. The molecule has 0 saturated heterocycles. The van der Waals surface area contributed by atoms with E-state index in [0.29, 0.717) is 11.8 Å². The molecule has 3 rings (SSSR count). The molecule has 0 aliphatic carbocycles. The molecule has 0 saturated carbocycles. The standard InChI is InChI=1S/C23H27FN2O/c1-3-14-26(17(2)15-18-4-11-22(27)12-5-18)16-21-10-13-23(25-21)19-6-8-20(24)9-7-19/h4-13,17,25,27H,3,14-16H2,1-2H3. The minimum atomic E-state index is -0.220. The third-order valence-corrected chi connectivity index (χ3v) is 4.88. The maximum Gasteiger partial charge on any atom is 0.123 e. The predicted octanol–water partition coefficient (Wildman–Crippen LogP) is 5.37. The van der Waals surface area contributed by atoms with Crippen molar-refractivity contribution in [3.05, 3.63) is 77.7 Å². The first-order chi connectivity index (χ1) is 13.0. The average Bonchev–Trinajstić information content (AvgIpc) is 3.12. The van der Waals surface area contributed by atoms with Crippen LogP contribution in [0, 0.1) is 5.82 Å². The van der Waals surface area contributed by atoms with Gasteiger partial charge in [-0.2, -0.15) is 0 Å². The average molecular weight is 366 g/mol. The molecule has 4 heteroatoms. The van der Waals surface area contributed by atoms with E-state index < -0.39 is 0 Å². The molecule has 0 amide bonds. The number of hydrogen-bond acceptors (Lipinski definition) is 2. The summed E-state index contributed by atoms with van der Waals surface area (Å²) in [4.78, 5) is 5.93. The van der Waals surface area contributed by atoms with Crippen molar-refractivity contribution < 1.29 is 9.50 Å². The highest BCUT2D eigenvalue weighted by molar-refractivity contribution is 5.59. The molecule has 0 fully saturated rings. The van der Waals surface area contributed by atoms with Gasteiger partial charge in [0, 0.05) is 24.0 Å². The minimum Gasteiger partial charge on any atom is -0.508 e. The summed E-state index contributed by atoms with van der Waals surface area (Å²) < 4.78 is 13.1. The molecule has 27 heavy (non-hydrogen) atoms. The summed E-state index contributed by atoms with van der Waals surface area (Å²) in [5.41, 5.74) is 4.37. The highest BCUT2D eigenvalue weighted by Gasteiger charge is 2.15. The Bertz CT molecular complexity index is 840. The summed E-state index contributed by atoms with van der Waals surface area (Å²) in [6.45, 7) is 6.30. The van der Waals surface area contributed by atoms with Gasteiger partial charge in [0.15, 0.2) is 0 Å². The van der Waals surface area contributed by atoms with Gasteiger partial charge in [0.25, 0.3) is 0 Å². The van der Waals surface area contributed by atoms with Crippen LogP contribution < -0.4 is 0 Å². The van der Waals surface area contributed by atoms with Gasteiger partial charge in [-0.3, -0.25) is 4.90 Å². The first-order valence-corrected chi connectivity index (χ1v) is 9.51. The Morgan fingerprint density at radius 2 is 1.70 bits per heavy atom. The van der Waals surface area contributed by atoms with Crippen molar-refractivity contribution in [2.24, 2.45) is 0 Å². The molecule has 3 aromatic rings. The summed E-state index contributed by atoms with van der Waals surface area (Å²) in [5.74, 6) is 0.0826. The number of aromatic nitrogens is 1. The van der Waals surface area contributed by atoms with Gasteiger partial charge in [0.1, 0.15) is 11.6 Å². The highest BCUT2D eigenvalue weighted by Crippen LogP contribution is 2.21. The third-order valence-electron chi connectivity index (χ3n) is 4.88. The number of aromatic hydroxyl groups is 1. The lowest BCUT2D eigenvalue weighted by atomic mass is 10.1. The largest absolute Gasteiger partial charge is 0.508 e. The molecule has 1 aromatic heterocycles. The van der Waals surface area contributed by atoms with E-state index in [-0.39, 0.29) is 5.82 Å². The van der Waals surface area contributed by atoms with E-state index >= 15 is 0 Å². The van der Waals surface area contributed by atoms with E-state index in [9.17, 15) is 9.50 Å². The Labute approximate surface area is 160 Å². The number of halogens is 1. The first-order valence-electron chi connectivity index (χ1n) is 9.51. The van der Waals surface area contributed by atoms with E-state index in [4.69, 9.17) is 0 Å². The fourth-order valence-corrected chi connectivity index (χ4v) is 3.39. The molecule has 2 N–H and O–H groups in total. The van der Waals surface area contributed by atoms with Crippen LogP contribution in [-0.2, 0) is 13.0 Å². The van der Waals surface area contributed by atoms with Crippen molar-refractivity contribution in [1.82, 2.24) is 9.88 Å². The molecule has 142 valence electrons. The van der Waals surface area contributed by atoms with Crippen LogP contribution in [0.15, 0.2) is 60.7 Å². The molecule has 1 atom stereocenters. The van der Waals surface area contributed by atoms with Crippen LogP contribution in [-0.4, -0.2) is 27.6 Å². The second kappa shape index (κ2) is 8.87. The fourth-order valence-electron chi connectivity index (χ4n) is 3.39. The lowest BCUT2D eigenvalue weighted by Gasteiger charge is -2.28. The Hall–Kier alpha value is -2.59. The third kappa shape index (κ3) is 5.20. The van der Waals surface area contributed by atoms with Gasteiger partial charge in [-0.25, -0.2) is 4.39 Å². The zero-order valence-corrected chi connectivity index (χ0v) is 16.0. The van der Waals surface area contributed by atoms with Gasteiger partial charge >= 0.3 is 0 Å². The molecule has 2 aromatic carbocycles. The zero-order valence-electron chi connectivity index (χ0n) is 16.0. The Balaban J connectivity index is 1.68. The van der Waals surface area contributed by atoms with Gasteiger partial charge in [-0.15, -0.1) is 0 Å². The SMILES string of the molecule is CCCN(Cc1ccc(-c2ccc(F)cc2)[nH]1)C(C)Cc1ccc(O)cc1. The zero-order chi connectivity index (χ0) is 19.2. The molecular weight excluding hydrogens is 339 g/mol. The highest BCUT2D eigenvalue weighted by atomic mass is 19.1. The maximum absolute atomic E-state index is 13.1. The topological polar surface area (TPSA) is 39.3 Å². The number of nitrogens with one attached hydrogen (secondary N) is 1. The smallest absolute Gasteiger partial charge is 0.123 e. The van der Waals surface area contributed by atoms with Crippen LogP contribution >= 0.6 is 0 Å². The number of rotatable bonds is 8. The van der Waals surface area contributed by atoms with Crippen molar-refractivity contribution in [3.8, 4) is 17.0 Å². The summed E-state index contributed by atoms with van der Waals surface area (Å²) >= 11 is 0. The fraction of sp³-hybridized carbons (Fsp3) is 0.304. The minimum absolute atomic E-state index is 0.220. The van der Waals surface area contributed by atoms with Crippen molar-refractivity contribution in [3.63, 3.8) is 0 Å². The Kier molecular flexibility index (Phi) is 6.30. The quantitative estimate of drug-likeness (QED) is 0.562. The molecule has 0 aliphatic rings. The summed E-state index contributed by atoms with van der Waals surface area (Å²) in [7, 11) is 0. The van der Waals surface area contributed by atoms with Crippen LogP contribution in [0.5, 0.6) is 5.75 Å². The van der Waals surface area contributed by atoms with Gasteiger partial charge < -0.3 is 10.1 Å². The number of benzene rings is 2. The lowest BCUT2D eigenvalue weighted by Crippen LogP contribution is -2.35. The van der Waals surface area contributed by atoms with Crippen molar-refractivity contribution in [2.45, 2.75) is 39.3 Å². The van der Waals surface area contributed by atoms with Crippen molar-refractivity contribution in [1.29, 1.82) is 0 Å². The second-order valence-corrected chi connectivity index (χ2v) is 7.09. The molecule has 0 aliphatic heterocycles. The van der Waals surface area contributed by atoms with E-state index in [1.165, 1.54) is 17.7 Å². The monoisotopic (exact) mass is 366 g/mol. The molecular formula is C23H27FN2O. The first kappa shape index (κ1) is 19.2. The van der Waals surface area contributed by atoms with Crippen LogP contribution in [0.4, 0.5) is 4.39 Å². The Morgan fingerprint density at radius 3 is 2.37 bits per heavy atom. The number of phenols is 1. The van der Waals surface area contributed by atoms with Crippen LogP contribution in [0.1, 0.15) is 31.5 Å². The number of aromatic amines is 1. The van der Waals surface area contributed by atoms with Crippen LogP contribution in [0.25, 0.3) is 11.3 Å². The van der Waals surface area contributed by atoms with Gasteiger partial charge in [0.05, 0.1) is 0 Å². The van der Waals surface area contributed by atoms with Gasteiger partial charge in [-0.1, -0.05) is 19.1 Å². The summed E-state index contributed by atoms with van der Waals surface area (Å²) in [6.07, 6.45) is 2.03. The predicted molar refractivity (Wildman–Crippen MR) is 108 cm³/mol. The lowest BCUT2D eigenvalue weighted by molar-refractivity contribution is 0.197. The van der Waals surface area contributed by atoms with Gasteiger partial charge in [-0.05, 0) is 86.0 Å². The molecule has 1 unspecified atom stereocenters. The van der Waals surface area contributed by atoms with E-state index in [0.717, 1.165) is 42.9 Å². The van der Waals surface area contributed by atoms with E-state index in [1.54, 1.807) is 24.3 Å². The summed E-state index contributed by atoms with van der Waals surface area (Å²) in [6, 6.07) is 18.5. The van der Waals surface area contributed by atoms with Gasteiger partial charge in [0.2, 0.25) is 0 Å². The molecule has 1 heterocycles. The van der Waals surface area contributed by atoms with Crippen LogP contribution in [0.2, 0.25) is 0 Å². The molecule has 3 nitrogen and oxygen atoms in total. The van der Waals surface area contributed by atoms with E-state index in [2.05, 4.69) is 35.9 Å². The second-order valence-electron chi connectivity index (χ2n) is 7.09. The van der Waals surface area contributed by atoms with Crippen molar-refractivity contribution >= 4 is 0 Å². The summed E-state index contributed by atoms with van der Waals surface area (Å²) in [5, 5.41) is 9.46. The van der Waals surface area contributed by atoms with Crippen LogP contribution in [0.3, 0.4) is 0 Å². The Morgan fingerprint density at radius 1 is 1.00 bits per heavy atom. The normalized spacial score (nSPS) is 12.4. The number of nitrogens with zero attached hydrogens (tertiary/aromatic N) is 1. The number of hydrogen-bond donors (Lipinski definition) is 2. The maximum atomic E-state index is 13.1.